The van der Waals surface area contributed by atoms with E-state index in [1.807, 2.05) is 86.5 Å². The minimum Gasteiger partial charge on any atom is -0.310 e. The lowest BCUT2D eigenvalue weighted by molar-refractivity contribution is -0.127. The minimum atomic E-state index is -0.748. The number of nitrogens with zero attached hydrogens (tertiary/aromatic N) is 4. The standard InChI is InChI=1S/C30H29N5O2/c1-19(2)25-27(36)35(29(3,34-25)22-10-5-4-6-11-22)14-8-9-20-15-21-16-30(17-24(21)32-18-20)23-12-7-13-31-26(23)33-28(30)37/h4-13,15,18-19H,14,16-17H2,1-3H3,(H,31,33,37)/t29-,30?/m1/s1. The molecular formula is C30H29N5O2. The molecule has 1 unspecified atom stereocenters. The fourth-order valence-corrected chi connectivity index (χ4v) is 5.81. The molecule has 2 amide bonds. The molecule has 0 saturated carbocycles. The number of aliphatic imine (C=N–C) groups is 1. The molecule has 0 saturated heterocycles. The lowest BCUT2D eigenvalue weighted by Gasteiger charge is -2.32. The van der Waals surface area contributed by atoms with Gasteiger partial charge in [0.1, 0.15) is 11.5 Å². The molecule has 37 heavy (non-hydrogen) atoms. The summed E-state index contributed by atoms with van der Waals surface area (Å²) in [4.78, 5) is 42.1. The highest BCUT2D eigenvalue weighted by Gasteiger charge is 2.51. The molecule has 0 bridgehead atoms. The topological polar surface area (TPSA) is 87.6 Å². The first-order valence-corrected chi connectivity index (χ1v) is 12.7. The first kappa shape index (κ1) is 23.3. The molecule has 7 nitrogen and oxygen atoms in total. The fourth-order valence-electron chi connectivity index (χ4n) is 5.81. The first-order chi connectivity index (χ1) is 17.8. The number of fused-ring (bicyclic) bond motifs is 3. The molecule has 0 fully saturated rings. The Kier molecular flexibility index (Phi) is 5.33. The Hall–Kier alpha value is -4.13. The van der Waals surface area contributed by atoms with Crippen LogP contribution < -0.4 is 5.32 Å². The van der Waals surface area contributed by atoms with Gasteiger partial charge in [-0.1, -0.05) is 62.4 Å². The summed E-state index contributed by atoms with van der Waals surface area (Å²) in [6.07, 6.45) is 8.70. The third-order valence-electron chi connectivity index (χ3n) is 7.83. The Bertz CT molecular complexity index is 1480. The van der Waals surface area contributed by atoms with Gasteiger partial charge in [0.15, 0.2) is 5.66 Å². The molecule has 2 aliphatic heterocycles. The highest BCUT2D eigenvalue weighted by Crippen LogP contribution is 2.46. The number of hydrogen-bond donors (Lipinski definition) is 1. The third-order valence-corrected chi connectivity index (χ3v) is 7.83. The van der Waals surface area contributed by atoms with E-state index in [1.54, 1.807) is 6.20 Å². The Morgan fingerprint density at radius 1 is 1.08 bits per heavy atom. The van der Waals surface area contributed by atoms with Gasteiger partial charge in [0, 0.05) is 42.5 Å². The quantitative estimate of drug-likeness (QED) is 0.577. The Balaban J connectivity index is 1.24. The van der Waals surface area contributed by atoms with Crippen molar-refractivity contribution in [2.45, 2.75) is 44.7 Å². The van der Waals surface area contributed by atoms with Crippen LogP contribution in [0.4, 0.5) is 5.82 Å². The van der Waals surface area contributed by atoms with Crippen LogP contribution in [0.15, 0.2) is 72.0 Å². The van der Waals surface area contributed by atoms with Crippen molar-refractivity contribution in [2.75, 3.05) is 11.9 Å². The van der Waals surface area contributed by atoms with Gasteiger partial charge in [-0.15, -0.1) is 0 Å². The number of benzene rings is 1. The van der Waals surface area contributed by atoms with E-state index in [1.165, 1.54) is 0 Å². The second-order valence-corrected chi connectivity index (χ2v) is 10.5. The zero-order chi connectivity index (χ0) is 25.8. The number of pyridine rings is 2. The van der Waals surface area contributed by atoms with Gasteiger partial charge in [-0.25, -0.2) is 4.98 Å². The van der Waals surface area contributed by atoms with Gasteiger partial charge in [0.2, 0.25) is 5.91 Å². The summed E-state index contributed by atoms with van der Waals surface area (Å²) in [7, 11) is 0. The van der Waals surface area contributed by atoms with E-state index in [-0.39, 0.29) is 17.7 Å². The zero-order valence-corrected chi connectivity index (χ0v) is 21.2. The number of carbonyl (C=O) groups is 2. The largest absolute Gasteiger partial charge is 0.310 e. The molecule has 7 heteroatoms. The van der Waals surface area contributed by atoms with Crippen LogP contribution in [0.2, 0.25) is 0 Å². The van der Waals surface area contributed by atoms with Gasteiger partial charge < -0.3 is 10.2 Å². The Morgan fingerprint density at radius 2 is 1.89 bits per heavy atom. The average molecular weight is 492 g/mol. The summed E-state index contributed by atoms with van der Waals surface area (Å²) in [6, 6.07) is 15.9. The van der Waals surface area contributed by atoms with Gasteiger partial charge in [-0.05, 0) is 42.2 Å². The van der Waals surface area contributed by atoms with E-state index in [9.17, 15) is 9.59 Å². The molecular weight excluding hydrogens is 462 g/mol. The first-order valence-electron chi connectivity index (χ1n) is 12.7. The molecule has 2 aromatic heterocycles. The van der Waals surface area contributed by atoms with E-state index in [0.29, 0.717) is 30.9 Å². The van der Waals surface area contributed by atoms with Crippen molar-refractivity contribution in [1.29, 1.82) is 0 Å². The molecule has 4 heterocycles. The second kappa shape index (κ2) is 8.47. The maximum atomic E-state index is 13.3. The molecule has 1 aromatic carbocycles. The Labute approximate surface area is 216 Å². The summed E-state index contributed by atoms with van der Waals surface area (Å²) >= 11 is 0. The van der Waals surface area contributed by atoms with E-state index < -0.39 is 11.1 Å². The monoisotopic (exact) mass is 491 g/mol. The second-order valence-electron chi connectivity index (χ2n) is 10.5. The van der Waals surface area contributed by atoms with Crippen molar-refractivity contribution in [3.05, 3.63) is 94.9 Å². The predicted molar refractivity (Wildman–Crippen MR) is 143 cm³/mol. The summed E-state index contributed by atoms with van der Waals surface area (Å²) in [5.74, 6) is 0.663. The van der Waals surface area contributed by atoms with Crippen LogP contribution in [0.3, 0.4) is 0 Å². The minimum absolute atomic E-state index is 0.00927. The van der Waals surface area contributed by atoms with E-state index in [4.69, 9.17) is 9.98 Å². The number of amides is 2. The van der Waals surface area contributed by atoms with Gasteiger partial charge in [-0.3, -0.25) is 19.6 Å². The van der Waals surface area contributed by atoms with Crippen molar-refractivity contribution in [3.63, 3.8) is 0 Å². The maximum Gasteiger partial charge on any atom is 0.270 e. The fraction of sp³-hybridized carbons (Fsp3) is 0.300. The number of hydrogen-bond acceptors (Lipinski definition) is 5. The van der Waals surface area contributed by atoms with Crippen molar-refractivity contribution >= 4 is 29.4 Å². The highest BCUT2D eigenvalue weighted by atomic mass is 16.2. The molecule has 1 spiro atoms. The lowest BCUT2D eigenvalue weighted by atomic mass is 9.80. The molecule has 0 radical (unpaired) electrons. The number of rotatable bonds is 5. The molecule has 2 atom stereocenters. The van der Waals surface area contributed by atoms with Crippen LogP contribution in [0, 0.1) is 5.92 Å². The molecule has 6 rings (SSSR count). The van der Waals surface area contributed by atoms with Crippen LogP contribution in [0.1, 0.15) is 48.7 Å². The number of anilines is 1. The maximum absolute atomic E-state index is 13.3. The summed E-state index contributed by atoms with van der Waals surface area (Å²) < 4.78 is 0. The number of nitrogens with one attached hydrogen (secondary N) is 1. The van der Waals surface area contributed by atoms with E-state index in [2.05, 4.69) is 16.4 Å². The van der Waals surface area contributed by atoms with Gasteiger partial charge in [0.25, 0.3) is 5.91 Å². The van der Waals surface area contributed by atoms with Crippen LogP contribution in [0.5, 0.6) is 0 Å². The van der Waals surface area contributed by atoms with Crippen LogP contribution in [-0.2, 0) is 33.5 Å². The van der Waals surface area contributed by atoms with Crippen molar-refractivity contribution < 1.29 is 9.59 Å². The summed E-state index contributed by atoms with van der Waals surface area (Å²) in [5, 5.41) is 2.94. The summed E-state index contributed by atoms with van der Waals surface area (Å²) in [6.45, 7) is 6.43. The van der Waals surface area contributed by atoms with Gasteiger partial charge in [-0.2, -0.15) is 0 Å². The highest BCUT2D eigenvalue weighted by molar-refractivity contribution is 6.41. The molecule has 1 N–H and O–H groups in total. The van der Waals surface area contributed by atoms with E-state index >= 15 is 0 Å². The normalized spacial score (nSPS) is 24.2. The smallest absolute Gasteiger partial charge is 0.270 e. The number of aromatic nitrogens is 2. The van der Waals surface area contributed by atoms with Crippen molar-refractivity contribution in [2.24, 2.45) is 10.9 Å². The molecule has 3 aromatic rings. The summed E-state index contributed by atoms with van der Waals surface area (Å²) in [5.41, 5.74) is 4.13. The van der Waals surface area contributed by atoms with Crippen LogP contribution >= 0.6 is 0 Å². The lowest BCUT2D eigenvalue weighted by Crippen LogP contribution is -2.43. The average Bonchev–Trinajstić information content (AvgIpc) is 3.50. The van der Waals surface area contributed by atoms with Crippen LogP contribution in [-0.4, -0.2) is 38.9 Å². The molecule has 1 aliphatic carbocycles. The molecule has 186 valence electrons. The van der Waals surface area contributed by atoms with Gasteiger partial charge >= 0.3 is 0 Å². The SMILES string of the molecule is CC(C)C1=N[C@@](C)(c2ccccc2)N(CC=Cc2cnc3c(c2)CC2(C3)C(=O)Nc3ncccc32)C1=O. The van der Waals surface area contributed by atoms with E-state index in [0.717, 1.165) is 27.9 Å². The molecule has 3 aliphatic rings. The number of carbonyl (C=O) groups excluding carboxylic acids is 2. The third kappa shape index (κ3) is 3.60. The van der Waals surface area contributed by atoms with Crippen molar-refractivity contribution in [1.82, 2.24) is 14.9 Å². The van der Waals surface area contributed by atoms with Gasteiger partial charge in [0.05, 0.1) is 5.41 Å². The van der Waals surface area contributed by atoms with Crippen LogP contribution in [0.25, 0.3) is 6.08 Å². The zero-order valence-electron chi connectivity index (χ0n) is 21.2. The Morgan fingerprint density at radius 3 is 2.68 bits per heavy atom. The predicted octanol–water partition coefficient (Wildman–Crippen LogP) is 4.29. The van der Waals surface area contributed by atoms with Crippen molar-refractivity contribution in [3.8, 4) is 0 Å².